The Morgan fingerprint density at radius 2 is 0.632 bits per heavy atom. The Balaban J connectivity index is 3.97. The maximum absolute atomic E-state index is 12.7. The van der Waals surface area contributed by atoms with Gasteiger partial charge in [0.1, 0.15) is 6.61 Å². The molecule has 0 amide bonds. The molecule has 10 heteroatoms. The van der Waals surface area contributed by atoms with Crippen molar-refractivity contribution in [3.63, 3.8) is 0 Å². The smallest absolute Gasteiger partial charge is 0.462 e. The lowest BCUT2D eigenvalue weighted by Crippen LogP contribution is -2.29. The van der Waals surface area contributed by atoms with Crippen molar-refractivity contribution in [2.45, 2.75) is 315 Å². The van der Waals surface area contributed by atoms with E-state index in [1.54, 1.807) is 0 Å². The Hall–Kier alpha value is -3.85. The van der Waals surface area contributed by atoms with Crippen molar-refractivity contribution in [1.82, 2.24) is 0 Å². The van der Waals surface area contributed by atoms with E-state index in [0.717, 1.165) is 96.3 Å². The summed E-state index contributed by atoms with van der Waals surface area (Å²) in [6.45, 7) is 3.60. The van der Waals surface area contributed by atoms with Gasteiger partial charge in [0.05, 0.1) is 13.2 Å². The molecule has 3 N–H and O–H groups in total. The van der Waals surface area contributed by atoms with E-state index in [9.17, 15) is 19.0 Å². The van der Waals surface area contributed by atoms with Gasteiger partial charge in [-0.3, -0.25) is 18.6 Å². The number of unbranched alkanes of at least 4 members (excludes halogenated alkanes) is 31. The summed E-state index contributed by atoms with van der Waals surface area (Å²) in [4.78, 5) is 35.3. The van der Waals surface area contributed by atoms with Crippen molar-refractivity contribution in [2.75, 3.05) is 26.4 Å². The molecule has 0 saturated heterocycles. The molecule has 0 aliphatic carbocycles. The van der Waals surface area contributed by atoms with Gasteiger partial charge in [-0.15, -0.1) is 0 Å². The second-order valence-corrected chi connectivity index (χ2v) is 24.8. The molecule has 498 valence electrons. The highest BCUT2D eigenvalue weighted by Gasteiger charge is 2.26. The van der Waals surface area contributed by atoms with E-state index in [0.29, 0.717) is 6.42 Å². The molecular formula is C77H132NO8P. The molecule has 0 saturated carbocycles. The van der Waals surface area contributed by atoms with Crippen LogP contribution in [0.4, 0.5) is 0 Å². The van der Waals surface area contributed by atoms with Crippen LogP contribution < -0.4 is 5.73 Å². The van der Waals surface area contributed by atoms with Crippen molar-refractivity contribution in [2.24, 2.45) is 5.73 Å². The van der Waals surface area contributed by atoms with Gasteiger partial charge in [0.15, 0.2) is 6.10 Å². The third-order valence-electron chi connectivity index (χ3n) is 15.0. The summed E-state index contributed by atoms with van der Waals surface area (Å²) in [6.07, 6.45) is 101. The highest BCUT2D eigenvalue weighted by molar-refractivity contribution is 7.47. The second kappa shape index (κ2) is 71.2. The van der Waals surface area contributed by atoms with Crippen LogP contribution in [-0.2, 0) is 32.7 Å². The molecule has 87 heavy (non-hydrogen) atoms. The predicted molar refractivity (Wildman–Crippen MR) is 376 cm³/mol. The number of carbonyl (C=O) groups is 2. The van der Waals surface area contributed by atoms with Crippen LogP contribution >= 0.6 is 7.82 Å². The Bertz CT molecular complexity index is 1890. The first kappa shape index (κ1) is 83.2. The Morgan fingerprint density at radius 3 is 0.977 bits per heavy atom. The zero-order chi connectivity index (χ0) is 63.0. The normalized spacial score (nSPS) is 13.7. The number of phosphoric acid groups is 1. The minimum Gasteiger partial charge on any atom is -0.462 e. The first-order valence-corrected chi connectivity index (χ1v) is 37.2. The zero-order valence-corrected chi connectivity index (χ0v) is 56.9. The van der Waals surface area contributed by atoms with E-state index in [2.05, 4.69) is 148 Å². The van der Waals surface area contributed by atoms with Gasteiger partial charge in [0, 0.05) is 19.4 Å². The molecule has 0 aromatic carbocycles. The van der Waals surface area contributed by atoms with Crippen molar-refractivity contribution < 1.29 is 37.6 Å². The van der Waals surface area contributed by atoms with Gasteiger partial charge in [-0.25, -0.2) is 4.57 Å². The molecule has 0 fully saturated rings. The fourth-order valence-corrected chi connectivity index (χ4v) is 10.5. The standard InChI is InChI=1S/C77H132NO8P/c1-3-5-7-9-11-13-15-17-19-21-23-25-27-29-31-33-35-37-39-41-43-45-47-49-51-53-55-57-59-61-63-65-67-69-76(79)83-73-75(74-85-87(81,82)84-72-71-78)86-77(80)70-68-66-64-62-60-58-56-54-52-50-48-46-44-42-40-38-36-34-32-30-28-26-24-22-20-18-16-14-12-10-8-6-4-2/h6,8,12,14,18,20-21,23-24,26,30,32,36,38,42,44,48,50,54,56,60,62,75H,3-5,7,9-11,13,15-17,19,22,25,27-29,31,33-35,37,39-41,43,45-47,49,51-53,55,57-59,61,63-74,78H2,1-2H3,(H,81,82)/b8-6-,14-12-,20-18-,23-21-,26-24-,32-30-,38-36-,44-42-,50-48-,56-54-,62-60-. The molecule has 0 rings (SSSR count). The fraction of sp³-hybridized carbons (Fsp3) is 0.688. The summed E-state index contributed by atoms with van der Waals surface area (Å²) >= 11 is 0. The Kier molecular flexibility index (Phi) is 68.1. The molecule has 2 unspecified atom stereocenters. The molecule has 9 nitrogen and oxygen atoms in total. The summed E-state index contributed by atoms with van der Waals surface area (Å²) in [7, 11) is -4.41. The molecule has 0 bridgehead atoms. The molecule has 0 aromatic heterocycles. The number of ether oxygens (including phenoxy) is 2. The van der Waals surface area contributed by atoms with Crippen molar-refractivity contribution >= 4 is 19.8 Å². The summed E-state index contributed by atoms with van der Waals surface area (Å²) < 4.78 is 33.1. The quantitative estimate of drug-likeness (QED) is 0.0264. The summed E-state index contributed by atoms with van der Waals surface area (Å²) in [5.74, 6) is -0.878. The van der Waals surface area contributed by atoms with Crippen LogP contribution in [0.1, 0.15) is 309 Å². The lowest BCUT2D eigenvalue weighted by atomic mass is 10.0. The van der Waals surface area contributed by atoms with Crippen LogP contribution in [0.15, 0.2) is 134 Å². The Morgan fingerprint density at radius 1 is 0.356 bits per heavy atom. The third-order valence-corrected chi connectivity index (χ3v) is 16.0. The molecular weight excluding hydrogens is 1100 g/mol. The molecule has 0 aliphatic heterocycles. The minimum atomic E-state index is -4.41. The molecule has 0 heterocycles. The maximum atomic E-state index is 12.7. The highest BCUT2D eigenvalue weighted by atomic mass is 31.2. The average molecular weight is 1230 g/mol. The number of hydrogen-bond acceptors (Lipinski definition) is 8. The van der Waals surface area contributed by atoms with Crippen LogP contribution in [-0.4, -0.2) is 49.3 Å². The number of esters is 2. The van der Waals surface area contributed by atoms with Crippen molar-refractivity contribution in [3.05, 3.63) is 134 Å². The second-order valence-electron chi connectivity index (χ2n) is 23.4. The summed E-state index contributed by atoms with van der Waals surface area (Å²) in [5, 5.41) is 0. The lowest BCUT2D eigenvalue weighted by Gasteiger charge is -2.19. The van der Waals surface area contributed by atoms with Crippen LogP contribution in [0, 0.1) is 0 Å². The van der Waals surface area contributed by atoms with Gasteiger partial charge >= 0.3 is 19.8 Å². The van der Waals surface area contributed by atoms with E-state index in [1.165, 1.54) is 180 Å². The maximum Gasteiger partial charge on any atom is 0.472 e. The van der Waals surface area contributed by atoms with Crippen LogP contribution in [0.25, 0.3) is 0 Å². The number of carbonyl (C=O) groups excluding carboxylic acids is 2. The van der Waals surface area contributed by atoms with Crippen molar-refractivity contribution in [1.29, 1.82) is 0 Å². The van der Waals surface area contributed by atoms with Gasteiger partial charge in [-0.05, 0) is 116 Å². The average Bonchev–Trinajstić information content (AvgIpc) is 3.64. The fourth-order valence-electron chi connectivity index (χ4n) is 9.78. The SMILES string of the molecule is CC/C=C\C/C=C\C/C=C\C/C=C\C/C=C\C/C=C\C/C=C\C/C=C\C/C=C\C/C=C\CCCCC(=O)OC(COC(=O)CCCCCCCCCCCCCCCCCCCCCCC/C=C\CCCCCCCCCC)COP(=O)(O)OCCN. The van der Waals surface area contributed by atoms with Gasteiger partial charge in [-0.1, -0.05) is 314 Å². The number of nitrogens with two attached hydrogens (primary N) is 1. The minimum absolute atomic E-state index is 0.0403. The van der Waals surface area contributed by atoms with E-state index >= 15 is 0 Å². The molecule has 0 radical (unpaired) electrons. The topological polar surface area (TPSA) is 134 Å². The summed E-state index contributed by atoms with van der Waals surface area (Å²) in [6, 6.07) is 0. The number of rotatable bonds is 66. The number of allylic oxidation sites excluding steroid dienone is 22. The van der Waals surface area contributed by atoms with E-state index in [1.807, 2.05) is 0 Å². The van der Waals surface area contributed by atoms with E-state index in [-0.39, 0.29) is 32.6 Å². The summed E-state index contributed by atoms with van der Waals surface area (Å²) in [5.41, 5.74) is 5.40. The molecule has 0 aromatic rings. The first-order valence-electron chi connectivity index (χ1n) is 35.7. The first-order chi connectivity index (χ1) is 42.8. The van der Waals surface area contributed by atoms with E-state index < -0.39 is 32.5 Å². The van der Waals surface area contributed by atoms with Crippen LogP contribution in [0.2, 0.25) is 0 Å². The zero-order valence-electron chi connectivity index (χ0n) is 56.0. The monoisotopic (exact) mass is 1230 g/mol. The van der Waals surface area contributed by atoms with Gasteiger partial charge in [0.2, 0.25) is 0 Å². The number of hydrogen-bond donors (Lipinski definition) is 2. The molecule has 2 atom stereocenters. The van der Waals surface area contributed by atoms with Crippen molar-refractivity contribution in [3.8, 4) is 0 Å². The number of phosphoric ester groups is 1. The van der Waals surface area contributed by atoms with Gasteiger partial charge in [-0.2, -0.15) is 0 Å². The van der Waals surface area contributed by atoms with E-state index in [4.69, 9.17) is 24.3 Å². The molecule has 0 aliphatic rings. The lowest BCUT2D eigenvalue weighted by molar-refractivity contribution is -0.161. The van der Waals surface area contributed by atoms with Gasteiger partial charge < -0.3 is 20.1 Å². The van der Waals surface area contributed by atoms with Gasteiger partial charge in [0.25, 0.3) is 0 Å². The molecule has 0 spiro atoms. The van der Waals surface area contributed by atoms with Crippen LogP contribution in [0.3, 0.4) is 0 Å². The van der Waals surface area contributed by atoms with Crippen LogP contribution in [0.5, 0.6) is 0 Å². The Labute approximate surface area is 535 Å². The highest BCUT2D eigenvalue weighted by Crippen LogP contribution is 2.43. The third kappa shape index (κ3) is 71.1. The predicted octanol–water partition coefficient (Wildman–Crippen LogP) is 23.6. The largest absolute Gasteiger partial charge is 0.472 e.